The Bertz CT molecular complexity index is 927. The first kappa shape index (κ1) is 23.8. The van der Waals surface area contributed by atoms with Gasteiger partial charge in [-0.05, 0) is 64.0 Å². The zero-order valence-electron chi connectivity index (χ0n) is 20.0. The smallest absolute Gasteiger partial charge is 0.236 e. The molecule has 0 bridgehead atoms. The number of hydrogen-bond donors (Lipinski definition) is 1. The van der Waals surface area contributed by atoms with Gasteiger partial charge in [-0.25, -0.2) is 0 Å². The summed E-state index contributed by atoms with van der Waals surface area (Å²) in [5, 5.41) is 0.569. The maximum atomic E-state index is 6.52. The minimum Gasteiger partial charge on any atom is -0.495 e. The first-order chi connectivity index (χ1) is 16.0. The number of hydrogen-bond acceptors (Lipinski definition) is 8. The molecule has 1 aromatic heterocycles. The van der Waals surface area contributed by atoms with Crippen molar-refractivity contribution in [2.24, 2.45) is 0 Å². The van der Waals surface area contributed by atoms with Crippen molar-refractivity contribution < 1.29 is 4.74 Å². The van der Waals surface area contributed by atoms with Crippen molar-refractivity contribution in [3.63, 3.8) is 0 Å². The number of likely N-dealkylation sites (tertiary alicyclic amines) is 1. The zero-order valence-corrected chi connectivity index (χ0v) is 20.8. The molecule has 1 aliphatic carbocycles. The predicted molar refractivity (Wildman–Crippen MR) is 135 cm³/mol. The van der Waals surface area contributed by atoms with E-state index in [9.17, 15) is 0 Å². The highest BCUT2D eigenvalue weighted by Gasteiger charge is 2.28. The number of benzene rings is 1. The van der Waals surface area contributed by atoms with Crippen LogP contribution >= 0.6 is 11.6 Å². The van der Waals surface area contributed by atoms with Crippen LogP contribution in [0.25, 0.3) is 0 Å². The Labute approximate surface area is 202 Å². The summed E-state index contributed by atoms with van der Waals surface area (Å²) in [7, 11) is 5.86. The number of methoxy groups -OCH3 is 1. The van der Waals surface area contributed by atoms with Gasteiger partial charge in [-0.3, -0.25) is 0 Å². The molecule has 1 saturated carbocycles. The summed E-state index contributed by atoms with van der Waals surface area (Å²) in [5.41, 5.74) is 7.18. The Hall–Kier alpha value is -2.32. The second-order valence-electron chi connectivity index (χ2n) is 9.27. The minimum absolute atomic E-state index is 0.244. The van der Waals surface area contributed by atoms with Crippen molar-refractivity contribution in [3.8, 4) is 5.75 Å². The van der Waals surface area contributed by atoms with Gasteiger partial charge in [-0.15, -0.1) is 0 Å². The van der Waals surface area contributed by atoms with Crippen LogP contribution in [-0.4, -0.2) is 66.2 Å². The number of aromatic nitrogens is 3. The molecule has 180 valence electrons. The molecule has 2 aromatic rings. The van der Waals surface area contributed by atoms with Crippen LogP contribution in [0.4, 0.5) is 23.5 Å². The standard InChI is InChI=1S/C24H36ClN7O/c1-30-14-12-17(13-15-30)31(2)23-27-22(26)28-24(29-23)32(18-8-6-4-5-7-9-18)19-10-11-21(33-3)20(25)16-19/h10-11,16-18H,4-9,12-15H2,1-3H3,(H2,26,27,28,29). The van der Waals surface area contributed by atoms with Gasteiger partial charge in [0.1, 0.15) is 5.75 Å². The summed E-state index contributed by atoms with van der Waals surface area (Å²) in [6.07, 6.45) is 9.21. The van der Waals surface area contributed by atoms with E-state index < -0.39 is 0 Å². The molecule has 0 spiro atoms. The summed E-state index contributed by atoms with van der Waals surface area (Å²) in [5.74, 6) is 2.11. The fraction of sp³-hybridized carbons (Fsp3) is 0.625. The number of nitrogens with two attached hydrogens (primary N) is 1. The summed E-state index contributed by atoms with van der Waals surface area (Å²) in [4.78, 5) is 20.8. The lowest BCUT2D eigenvalue weighted by Crippen LogP contribution is -2.43. The zero-order chi connectivity index (χ0) is 23.4. The Morgan fingerprint density at radius 1 is 0.970 bits per heavy atom. The third-order valence-electron chi connectivity index (χ3n) is 7.00. The van der Waals surface area contributed by atoms with Gasteiger partial charge in [0.15, 0.2) is 0 Å². The number of ether oxygens (including phenoxy) is 1. The molecule has 4 rings (SSSR count). The Kier molecular flexibility index (Phi) is 7.75. The molecule has 2 aliphatic rings. The second-order valence-corrected chi connectivity index (χ2v) is 9.68. The lowest BCUT2D eigenvalue weighted by molar-refractivity contribution is 0.252. The molecule has 0 atom stereocenters. The molecule has 1 aliphatic heterocycles. The van der Waals surface area contributed by atoms with Crippen LogP contribution < -0.4 is 20.3 Å². The van der Waals surface area contributed by atoms with Crippen molar-refractivity contribution in [2.75, 3.05) is 49.8 Å². The molecular weight excluding hydrogens is 438 g/mol. The number of rotatable bonds is 6. The van der Waals surface area contributed by atoms with Crippen molar-refractivity contribution in [2.45, 2.75) is 63.5 Å². The van der Waals surface area contributed by atoms with E-state index in [0.29, 0.717) is 28.7 Å². The fourth-order valence-electron chi connectivity index (χ4n) is 4.99. The normalized spacial score (nSPS) is 18.7. The average molecular weight is 474 g/mol. The predicted octanol–water partition coefficient (Wildman–Crippen LogP) is 4.51. The van der Waals surface area contributed by atoms with Gasteiger partial charge in [0.05, 0.1) is 12.1 Å². The highest BCUT2D eigenvalue weighted by Crippen LogP contribution is 2.36. The van der Waals surface area contributed by atoms with Crippen LogP contribution in [0.1, 0.15) is 51.4 Å². The van der Waals surface area contributed by atoms with Gasteiger partial charge in [0.25, 0.3) is 0 Å². The van der Waals surface area contributed by atoms with E-state index >= 15 is 0 Å². The molecule has 1 saturated heterocycles. The van der Waals surface area contributed by atoms with Crippen molar-refractivity contribution in [1.29, 1.82) is 0 Å². The Morgan fingerprint density at radius 2 is 1.64 bits per heavy atom. The summed E-state index contributed by atoms with van der Waals surface area (Å²) in [6, 6.07) is 6.52. The van der Waals surface area contributed by atoms with Crippen molar-refractivity contribution in [1.82, 2.24) is 19.9 Å². The van der Waals surface area contributed by atoms with Crippen LogP contribution in [0.3, 0.4) is 0 Å². The molecular formula is C24H36ClN7O. The lowest BCUT2D eigenvalue weighted by atomic mass is 10.0. The second kappa shape index (κ2) is 10.7. The number of nitrogens with zero attached hydrogens (tertiary/aromatic N) is 6. The van der Waals surface area contributed by atoms with E-state index in [-0.39, 0.29) is 12.0 Å². The third kappa shape index (κ3) is 5.61. The molecule has 0 radical (unpaired) electrons. The largest absolute Gasteiger partial charge is 0.495 e. The van der Waals surface area contributed by atoms with E-state index in [1.807, 2.05) is 18.2 Å². The lowest BCUT2D eigenvalue weighted by Gasteiger charge is -2.36. The first-order valence-corrected chi connectivity index (χ1v) is 12.4. The van der Waals surface area contributed by atoms with Gasteiger partial charge < -0.3 is 25.2 Å². The number of nitrogen functional groups attached to an aromatic ring is 1. The fourth-order valence-corrected chi connectivity index (χ4v) is 5.24. The molecule has 1 aromatic carbocycles. The van der Waals surface area contributed by atoms with Crippen molar-refractivity contribution in [3.05, 3.63) is 23.2 Å². The van der Waals surface area contributed by atoms with Crippen LogP contribution in [0, 0.1) is 0 Å². The number of halogens is 1. The maximum Gasteiger partial charge on any atom is 0.236 e. The van der Waals surface area contributed by atoms with Crippen LogP contribution in [-0.2, 0) is 0 Å². The SMILES string of the molecule is COc1ccc(N(c2nc(N)nc(N(C)C3CCN(C)CC3)n2)C2CCCCCC2)cc1Cl. The quantitative estimate of drug-likeness (QED) is 0.613. The molecule has 2 heterocycles. The van der Waals surface area contributed by atoms with Crippen LogP contribution in [0.2, 0.25) is 5.02 Å². The molecule has 0 unspecified atom stereocenters. The molecule has 33 heavy (non-hydrogen) atoms. The minimum atomic E-state index is 0.244. The van der Waals surface area contributed by atoms with E-state index in [1.54, 1.807) is 7.11 Å². The van der Waals surface area contributed by atoms with Gasteiger partial charge in [-0.2, -0.15) is 15.0 Å². The molecule has 0 amide bonds. The molecule has 9 heteroatoms. The molecule has 2 N–H and O–H groups in total. The van der Waals surface area contributed by atoms with Gasteiger partial charge in [0.2, 0.25) is 17.8 Å². The highest BCUT2D eigenvalue weighted by atomic mass is 35.5. The maximum absolute atomic E-state index is 6.52. The Morgan fingerprint density at radius 3 is 2.27 bits per heavy atom. The van der Waals surface area contributed by atoms with E-state index in [0.717, 1.165) is 44.5 Å². The number of piperidine rings is 1. The van der Waals surface area contributed by atoms with Gasteiger partial charge >= 0.3 is 0 Å². The van der Waals surface area contributed by atoms with E-state index in [1.165, 1.54) is 25.7 Å². The third-order valence-corrected chi connectivity index (χ3v) is 7.29. The number of anilines is 4. The van der Waals surface area contributed by atoms with E-state index in [2.05, 4.69) is 38.8 Å². The molecule has 8 nitrogen and oxygen atoms in total. The highest BCUT2D eigenvalue weighted by molar-refractivity contribution is 6.32. The first-order valence-electron chi connectivity index (χ1n) is 12.0. The topological polar surface area (TPSA) is 83.6 Å². The monoisotopic (exact) mass is 473 g/mol. The van der Waals surface area contributed by atoms with Crippen molar-refractivity contribution >= 4 is 35.1 Å². The van der Waals surface area contributed by atoms with E-state index in [4.69, 9.17) is 27.1 Å². The Balaban J connectivity index is 1.71. The summed E-state index contributed by atoms with van der Waals surface area (Å²) >= 11 is 6.52. The average Bonchev–Trinajstić information content (AvgIpc) is 3.08. The molecule has 2 fully saturated rings. The summed E-state index contributed by atoms with van der Waals surface area (Å²) in [6.45, 7) is 2.14. The van der Waals surface area contributed by atoms with Gasteiger partial charge in [0, 0.05) is 24.8 Å². The summed E-state index contributed by atoms with van der Waals surface area (Å²) < 4.78 is 5.37. The van der Waals surface area contributed by atoms with Gasteiger partial charge in [-0.1, -0.05) is 37.3 Å². The van der Waals surface area contributed by atoms with Crippen LogP contribution in [0.15, 0.2) is 18.2 Å². The van der Waals surface area contributed by atoms with Crippen LogP contribution in [0.5, 0.6) is 5.75 Å².